The zero-order chi connectivity index (χ0) is 32.8. The number of aliphatic hydroxyl groups is 1. The van der Waals surface area contributed by atoms with Crippen LogP contribution in [-0.4, -0.2) is 34.1 Å². The fraction of sp³-hybridized carbons (Fsp3) is 0.744. The zero-order valence-electron chi connectivity index (χ0n) is 29.5. The van der Waals surface area contributed by atoms with Crippen molar-refractivity contribution in [1.82, 2.24) is 0 Å². The Morgan fingerprint density at radius 3 is 2.20 bits per heavy atom. The van der Waals surface area contributed by atoms with E-state index in [0.717, 1.165) is 44.2 Å². The summed E-state index contributed by atoms with van der Waals surface area (Å²) in [6.45, 7) is 21.4. The molecule has 1 aromatic carbocycles. The van der Waals surface area contributed by atoms with Crippen LogP contribution in [0.25, 0.3) is 6.08 Å². The lowest BCUT2D eigenvalue weighted by Crippen LogP contribution is -2.66. The number of aliphatic hydroxyl groups excluding tert-OH is 1. The fourth-order valence-electron chi connectivity index (χ4n) is 12.5. The van der Waals surface area contributed by atoms with Gasteiger partial charge < -0.3 is 21.3 Å². The molecule has 9 atom stereocenters. The minimum Gasteiger partial charge on any atom is -0.393 e. The van der Waals surface area contributed by atoms with Crippen LogP contribution in [0.2, 0.25) is 0 Å². The zero-order valence-corrected chi connectivity index (χ0v) is 29.5. The van der Waals surface area contributed by atoms with Gasteiger partial charge in [0.05, 0.1) is 23.0 Å². The summed E-state index contributed by atoms with van der Waals surface area (Å²) >= 11 is 0. The summed E-state index contributed by atoms with van der Waals surface area (Å²) in [6.07, 6.45) is 11.8. The third-order valence-corrected chi connectivity index (χ3v) is 14.4. The second-order valence-electron chi connectivity index (χ2n) is 17.9. The van der Waals surface area contributed by atoms with Crippen LogP contribution < -0.4 is 11.5 Å². The largest absolute Gasteiger partial charge is 0.393 e. The number of nitrogens with zero attached hydrogens (tertiary/aromatic N) is 2. The molecule has 6 heteroatoms. The standard InChI is InChI=1S/C39H60N4O2/c1-24-11-13-25(14-12-24)21-26-23-36(6)29(35(4,5)32(26)42-43-33(40)41)16-20-37(7)30(36)22-28(44)31-27(15-19-38(31,37)8)39(9)18-10-17-34(2,3)45-39/h11-14,21,27-31,44H,10,15-20,22-23H2,1-9H3,(H4,40,41,43)/b26-21+,42-32+/t27-,28+,29-,30+,31-,36-,37+,38+,39+/m0/s1. The number of ether oxygens (including phenoxy) is 1. The molecule has 45 heavy (non-hydrogen) atoms. The Hall–Kier alpha value is -2.18. The van der Waals surface area contributed by atoms with Crippen molar-refractivity contribution in [2.24, 2.45) is 67.0 Å². The quantitative estimate of drug-likeness (QED) is 0.182. The van der Waals surface area contributed by atoms with Crippen LogP contribution in [0, 0.1) is 52.3 Å². The van der Waals surface area contributed by atoms with Gasteiger partial charge in [-0.15, -0.1) is 5.10 Å². The number of nitrogens with two attached hydrogens (primary N) is 2. The van der Waals surface area contributed by atoms with Gasteiger partial charge in [-0.1, -0.05) is 64.4 Å². The van der Waals surface area contributed by atoms with E-state index in [0.29, 0.717) is 17.8 Å². The van der Waals surface area contributed by atoms with Crippen LogP contribution in [0.1, 0.15) is 124 Å². The van der Waals surface area contributed by atoms with E-state index in [1.165, 1.54) is 36.0 Å². The third-order valence-electron chi connectivity index (χ3n) is 14.4. The van der Waals surface area contributed by atoms with Crippen LogP contribution in [0.4, 0.5) is 0 Å². The van der Waals surface area contributed by atoms with Crippen molar-refractivity contribution < 1.29 is 9.84 Å². The lowest BCUT2D eigenvalue weighted by molar-refractivity contribution is -0.243. The fourth-order valence-corrected chi connectivity index (χ4v) is 12.5. The Kier molecular flexibility index (Phi) is 7.76. The molecule has 0 aromatic heterocycles. The van der Waals surface area contributed by atoms with Crippen LogP contribution in [-0.2, 0) is 4.74 Å². The van der Waals surface area contributed by atoms with Gasteiger partial charge in [-0.2, -0.15) is 5.10 Å². The predicted octanol–water partition coefficient (Wildman–Crippen LogP) is 8.01. The van der Waals surface area contributed by atoms with Gasteiger partial charge in [0, 0.05) is 5.41 Å². The van der Waals surface area contributed by atoms with E-state index in [-0.39, 0.29) is 50.8 Å². The molecule has 4 saturated carbocycles. The van der Waals surface area contributed by atoms with Crippen LogP contribution >= 0.6 is 0 Å². The molecular formula is C39H60N4O2. The van der Waals surface area contributed by atoms with Crippen LogP contribution in [0.15, 0.2) is 40.0 Å². The van der Waals surface area contributed by atoms with E-state index in [9.17, 15) is 5.11 Å². The first-order chi connectivity index (χ1) is 20.9. The molecule has 0 amide bonds. The second kappa shape index (κ2) is 10.7. The van der Waals surface area contributed by atoms with E-state index in [2.05, 4.69) is 97.8 Å². The second-order valence-corrected chi connectivity index (χ2v) is 17.9. The van der Waals surface area contributed by atoms with E-state index < -0.39 is 0 Å². The van der Waals surface area contributed by atoms with Gasteiger partial charge >= 0.3 is 0 Å². The molecule has 5 N–H and O–H groups in total. The van der Waals surface area contributed by atoms with E-state index in [1.807, 2.05) is 0 Å². The van der Waals surface area contributed by atoms with Gasteiger partial charge in [0.15, 0.2) is 0 Å². The van der Waals surface area contributed by atoms with Crippen molar-refractivity contribution in [2.75, 3.05) is 0 Å². The van der Waals surface area contributed by atoms with Crippen molar-refractivity contribution in [1.29, 1.82) is 0 Å². The molecule has 1 saturated heterocycles. The van der Waals surface area contributed by atoms with Gasteiger partial charge in [-0.05, 0) is 143 Å². The third kappa shape index (κ3) is 5.03. The Morgan fingerprint density at radius 1 is 0.889 bits per heavy atom. The number of allylic oxidation sites excluding steroid dienone is 1. The van der Waals surface area contributed by atoms with Crippen molar-refractivity contribution in [3.05, 3.63) is 41.0 Å². The molecule has 248 valence electrons. The number of fused-ring (bicyclic) bond motifs is 5. The number of aryl methyl sites for hydroxylation is 1. The summed E-state index contributed by atoms with van der Waals surface area (Å²) < 4.78 is 6.96. The van der Waals surface area contributed by atoms with E-state index in [4.69, 9.17) is 21.3 Å². The molecule has 5 aliphatic rings. The highest BCUT2D eigenvalue weighted by Gasteiger charge is 2.72. The molecule has 0 radical (unpaired) electrons. The molecule has 1 aliphatic heterocycles. The molecular weight excluding hydrogens is 556 g/mol. The molecule has 1 aromatic rings. The topological polar surface area (TPSA) is 106 Å². The number of guanidine groups is 1. The number of hydrogen-bond acceptors (Lipinski definition) is 4. The predicted molar refractivity (Wildman–Crippen MR) is 186 cm³/mol. The van der Waals surface area contributed by atoms with Gasteiger partial charge in [-0.3, -0.25) is 0 Å². The highest BCUT2D eigenvalue weighted by Crippen LogP contribution is 2.76. The first-order valence-corrected chi connectivity index (χ1v) is 17.7. The number of rotatable bonds is 3. The lowest BCUT2D eigenvalue weighted by atomic mass is 9.34. The smallest absolute Gasteiger partial charge is 0.211 e. The monoisotopic (exact) mass is 616 g/mol. The first-order valence-electron chi connectivity index (χ1n) is 17.7. The highest BCUT2D eigenvalue weighted by atomic mass is 16.5. The SMILES string of the molecule is Cc1ccc(/C=C2\C[C@]3(C)[C@H]4C[C@@H](O)[C@@H]5[C@@H]([C@@]6(C)CCCC(C)(C)O6)CC[C@@]5(C)[C@]4(C)CC[C@H]3C(C)(C)\C2=N\N=C(N)N)cc1. The average molecular weight is 617 g/mol. The lowest BCUT2D eigenvalue weighted by Gasteiger charge is -2.70. The molecule has 0 bridgehead atoms. The van der Waals surface area contributed by atoms with Crippen molar-refractivity contribution in [3.63, 3.8) is 0 Å². The molecule has 0 spiro atoms. The van der Waals surface area contributed by atoms with E-state index in [1.54, 1.807) is 0 Å². The Morgan fingerprint density at radius 2 is 1.56 bits per heavy atom. The summed E-state index contributed by atoms with van der Waals surface area (Å²) in [5.74, 6) is 1.42. The summed E-state index contributed by atoms with van der Waals surface area (Å²) in [6, 6.07) is 8.72. The van der Waals surface area contributed by atoms with Crippen molar-refractivity contribution >= 4 is 17.7 Å². The maximum Gasteiger partial charge on any atom is 0.211 e. The van der Waals surface area contributed by atoms with Gasteiger partial charge in [0.2, 0.25) is 5.96 Å². The summed E-state index contributed by atoms with van der Waals surface area (Å²) in [5, 5.41) is 21.3. The minimum absolute atomic E-state index is 0.00962. The molecule has 6 nitrogen and oxygen atoms in total. The molecule has 0 unspecified atom stereocenters. The van der Waals surface area contributed by atoms with Crippen molar-refractivity contribution in [3.8, 4) is 0 Å². The minimum atomic E-state index is -0.328. The first kappa shape index (κ1) is 32.7. The van der Waals surface area contributed by atoms with Crippen LogP contribution in [0.5, 0.6) is 0 Å². The summed E-state index contributed by atoms with van der Waals surface area (Å²) in [7, 11) is 0. The number of hydrogen-bond donors (Lipinski definition) is 3. The molecule has 5 fully saturated rings. The Labute approximate surface area is 272 Å². The maximum atomic E-state index is 12.4. The van der Waals surface area contributed by atoms with Gasteiger partial charge in [0.1, 0.15) is 0 Å². The summed E-state index contributed by atoms with van der Waals surface area (Å²) in [5.41, 5.74) is 15.9. The van der Waals surface area contributed by atoms with E-state index >= 15 is 0 Å². The highest BCUT2D eigenvalue weighted by molar-refractivity contribution is 6.08. The van der Waals surface area contributed by atoms with Crippen LogP contribution in [0.3, 0.4) is 0 Å². The molecule has 4 aliphatic carbocycles. The Balaban J connectivity index is 1.42. The average Bonchev–Trinajstić information content (AvgIpc) is 3.31. The number of benzene rings is 1. The normalized spacial score (nSPS) is 45.4. The van der Waals surface area contributed by atoms with Crippen molar-refractivity contribution in [2.45, 2.75) is 137 Å². The Bertz CT molecular complexity index is 1410. The molecule has 1 heterocycles. The van der Waals surface area contributed by atoms with Gasteiger partial charge in [0.25, 0.3) is 0 Å². The van der Waals surface area contributed by atoms with Gasteiger partial charge in [-0.25, -0.2) is 0 Å². The molecule has 6 rings (SSSR count). The maximum absolute atomic E-state index is 12.4. The summed E-state index contributed by atoms with van der Waals surface area (Å²) in [4.78, 5) is 0.